The zero-order valence-corrected chi connectivity index (χ0v) is 16.6. The monoisotopic (exact) mass is 386 g/mol. The molecule has 0 radical (unpaired) electrons. The number of pyridine rings is 1. The molecule has 1 atom stereocenters. The van der Waals surface area contributed by atoms with Crippen LogP contribution in [0.5, 0.6) is 0 Å². The predicted molar refractivity (Wildman–Crippen MR) is 103 cm³/mol. The predicted octanol–water partition coefficient (Wildman–Crippen LogP) is 3.73. The fraction of sp³-hybridized carbons (Fsp3) is 0.368. The van der Waals surface area contributed by atoms with E-state index in [1.165, 1.54) is 11.8 Å². The molecule has 0 fully saturated rings. The van der Waals surface area contributed by atoms with Crippen LogP contribution in [0.25, 0.3) is 11.5 Å². The maximum absolute atomic E-state index is 12.7. The smallest absolute Gasteiger partial charge is 0.277 e. The Balaban J connectivity index is 1.68. The van der Waals surface area contributed by atoms with E-state index >= 15 is 0 Å². The minimum Gasteiger partial charge on any atom is -0.411 e. The molecule has 0 aliphatic rings. The Labute approximate surface area is 162 Å². The largest absolute Gasteiger partial charge is 0.411 e. The Morgan fingerprint density at radius 1 is 1.37 bits per heavy atom. The number of methoxy groups -OCH3 is 1. The third-order valence-electron chi connectivity index (χ3n) is 4.28. The second kappa shape index (κ2) is 8.49. The van der Waals surface area contributed by atoms with Gasteiger partial charge in [0.25, 0.3) is 5.22 Å². The van der Waals surface area contributed by atoms with Crippen LogP contribution in [0.2, 0.25) is 0 Å². The fourth-order valence-corrected chi connectivity index (χ4v) is 3.78. The van der Waals surface area contributed by atoms with Crippen molar-refractivity contribution < 1.29 is 13.9 Å². The molecule has 0 N–H and O–H groups in total. The topological polar surface area (TPSA) is 83.0 Å². The van der Waals surface area contributed by atoms with E-state index in [1.54, 1.807) is 25.6 Å². The van der Waals surface area contributed by atoms with Crippen LogP contribution < -0.4 is 0 Å². The summed E-state index contributed by atoms with van der Waals surface area (Å²) in [5, 5.41) is 8.37. The summed E-state index contributed by atoms with van der Waals surface area (Å²) in [4.78, 5) is 16.7. The van der Waals surface area contributed by atoms with Gasteiger partial charge in [-0.15, -0.1) is 10.2 Å². The number of aromatic nitrogens is 4. The average Bonchev–Trinajstić information content (AvgIpc) is 3.25. The quantitative estimate of drug-likeness (QED) is 0.431. The van der Waals surface area contributed by atoms with Gasteiger partial charge < -0.3 is 13.7 Å². The summed E-state index contributed by atoms with van der Waals surface area (Å²) in [5.41, 5.74) is 3.46. The van der Waals surface area contributed by atoms with E-state index in [2.05, 4.69) is 26.7 Å². The van der Waals surface area contributed by atoms with Gasteiger partial charge in [0.05, 0.1) is 24.0 Å². The number of carbonyl (C=O) groups excluding carboxylic acids is 1. The number of aryl methyl sites for hydroxylation is 1. The van der Waals surface area contributed by atoms with Crippen LogP contribution in [0.3, 0.4) is 0 Å². The van der Waals surface area contributed by atoms with E-state index in [0.29, 0.717) is 17.7 Å². The van der Waals surface area contributed by atoms with Crippen LogP contribution in [-0.2, 0) is 4.74 Å². The first-order chi connectivity index (χ1) is 13.0. The van der Waals surface area contributed by atoms with Crippen LogP contribution in [0.15, 0.2) is 40.2 Å². The first-order valence-corrected chi connectivity index (χ1v) is 9.57. The molecule has 0 aliphatic carbocycles. The van der Waals surface area contributed by atoms with Crippen molar-refractivity contribution in [2.75, 3.05) is 19.5 Å². The van der Waals surface area contributed by atoms with Crippen molar-refractivity contribution in [3.05, 3.63) is 47.5 Å². The minimum absolute atomic E-state index is 0.0325. The molecule has 0 saturated carbocycles. The molecule has 0 amide bonds. The molecule has 0 aliphatic heterocycles. The van der Waals surface area contributed by atoms with E-state index in [4.69, 9.17) is 9.15 Å². The second-order valence-electron chi connectivity index (χ2n) is 6.29. The van der Waals surface area contributed by atoms with Crippen molar-refractivity contribution in [1.82, 2.24) is 19.7 Å². The van der Waals surface area contributed by atoms with E-state index in [1.807, 2.05) is 26.0 Å². The lowest BCUT2D eigenvalue weighted by Gasteiger charge is -2.17. The summed E-state index contributed by atoms with van der Waals surface area (Å²) in [6.07, 6.45) is 3.33. The number of hydrogen-bond acceptors (Lipinski definition) is 7. The molecule has 3 aromatic heterocycles. The van der Waals surface area contributed by atoms with Crippen molar-refractivity contribution in [2.45, 2.75) is 32.0 Å². The Bertz CT molecular complexity index is 920. The van der Waals surface area contributed by atoms with Crippen LogP contribution in [-0.4, -0.2) is 45.0 Å². The van der Waals surface area contributed by atoms with E-state index in [9.17, 15) is 4.79 Å². The molecule has 3 rings (SSSR count). The maximum atomic E-state index is 12.7. The highest BCUT2D eigenvalue weighted by Crippen LogP contribution is 2.25. The number of nitrogens with zero attached hydrogens (tertiary/aromatic N) is 4. The lowest BCUT2D eigenvalue weighted by Crippen LogP contribution is -2.14. The number of ether oxygens (including phenoxy) is 1. The first-order valence-electron chi connectivity index (χ1n) is 8.58. The van der Waals surface area contributed by atoms with Crippen LogP contribution in [0, 0.1) is 13.8 Å². The summed E-state index contributed by atoms with van der Waals surface area (Å²) in [5.74, 6) is 0.659. The normalized spacial score (nSPS) is 12.3. The molecule has 0 aromatic carbocycles. The molecule has 3 aromatic rings. The van der Waals surface area contributed by atoms with Crippen molar-refractivity contribution in [2.24, 2.45) is 0 Å². The molecule has 27 heavy (non-hydrogen) atoms. The molecule has 8 heteroatoms. The maximum Gasteiger partial charge on any atom is 0.277 e. The molecule has 0 saturated heterocycles. The summed E-state index contributed by atoms with van der Waals surface area (Å²) < 4.78 is 13.0. The Morgan fingerprint density at radius 3 is 2.89 bits per heavy atom. The van der Waals surface area contributed by atoms with E-state index < -0.39 is 0 Å². The fourth-order valence-electron chi connectivity index (χ4n) is 3.13. The summed E-state index contributed by atoms with van der Waals surface area (Å²) in [7, 11) is 1.68. The van der Waals surface area contributed by atoms with Crippen LogP contribution in [0.4, 0.5) is 0 Å². The number of carbonyl (C=O) groups is 1. The lowest BCUT2D eigenvalue weighted by atomic mass is 10.2. The highest BCUT2D eigenvalue weighted by Gasteiger charge is 2.20. The first kappa shape index (κ1) is 19.3. The van der Waals surface area contributed by atoms with Gasteiger partial charge >= 0.3 is 0 Å². The number of Topliss-reactive ketones (excluding diaryl/α,β-unsaturated/α-hetero) is 1. The third-order valence-corrected chi connectivity index (χ3v) is 5.09. The van der Waals surface area contributed by atoms with Gasteiger partial charge in [0.2, 0.25) is 5.89 Å². The summed E-state index contributed by atoms with van der Waals surface area (Å²) >= 11 is 1.24. The van der Waals surface area contributed by atoms with Crippen LogP contribution >= 0.6 is 11.8 Å². The SMILES string of the molecule is COC[C@@H](C)n1c(C)cc(C(=O)CSc2nnc(-c3cccnc3)o2)c1C. The van der Waals surface area contributed by atoms with Gasteiger partial charge in [-0.1, -0.05) is 11.8 Å². The molecular formula is C19H22N4O3S. The van der Waals surface area contributed by atoms with E-state index in [0.717, 1.165) is 22.5 Å². The molecular weight excluding hydrogens is 364 g/mol. The lowest BCUT2D eigenvalue weighted by molar-refractivity contribution is 0.102. The Hall–Kier alpha value is -2.45. The Kier molecular flexibility index (Phi) is 6.08. The second-order valence-corrected chi connectivity index (χ2v) is 7.21. The molecule has 3 heterocycles. The van der Waals surface area contributed by atoms with Gasteiger partial charge in [0, 0.05) is 36.5 Å². The van der Waals surface area contributed by atoms with Crippen molar-refractivity contribution in [1.29, 1.82) is 0 Å². The van der Waals surface area contributed by atoms with Crippen molar-refractivity contribution >= 4 is 17.5 Å². The van der Waals surface area contributed by atoms with Crippen molar-refractivity contribution in [3.8, 4) is 11.5 Å². The van der Waals surface area contributed by atoms with Gasteiger partial charge in [-0.05, 0) is 39.0 Å². The van der Waals surface area contributed by atoms with Crippen LogP contribution in [0.1, 0.15) is 34.7 Å². The number of rotatable bonds is 8. The highest BCUT2D eigenvalue weighted by atomic mass is 32.2. The van der Waals surface area contributed by atoms with Gasteiger partial charge in [0.15, 0.2) is 5.78 Å². The van der Waals surface area contributed by atoms with Gasteiger partial charge in [-0.25, -0.2) is 0 Å². The average molecular weight is 386 g/mol. The standard InChI is InChI=1S/C19H22N4O3S/c1-12-8-16(14(3)23(12)13(2)10-25-4)17(24)11-27-19-22-21-18(26-19)15-6-5-7-20-9-15/h5-9,13H,10-11H2,1-4H3/t13-/m1/s1. The highest BCUT2D eigenvalue weighted by molar-refractivity contribution is 7.99. The van der Waals surface area contributed by atoms with Gasteiger partial charge in [-0.3, -0.25) is 9.78 Å². The molecule has 0 unspecified atom stereocenters. The van der Waals surface area contributed by atoms with Crippen molar-refractivity contribution in [3.63, 3.8) is 0 Å². The molecule has 0 spiro atoms. The minimum atomic E-state index is 0.0325. The number of hydrogen-bond donors (Lipinski definition) is 0. The third kappa shape index (κ3) is 4.28. The number of thioether (sulfide) groups is 1. The molecule has 142 valence electrons. The summed E-state index contributed by atoms with van der Waals surface area (Å²) in [6, 6.07) is 5.74. The molecule has 7 nitrogen and oxygen atoms in total. The molecule has 0 bridgehead atoms. The van der Waals surface area contributed by atoms with Gasteiger partial charge in [-0.2, -0.15) is 0 Å². The van der Waals surface area contributed by atoms with E-state index in [-0.39, 0.29) is 17.6 Å². The number of ketones is 1. The summed E-state index contributed by atoms with van der Waals surface area (Å²) in [6.45, 7) is 6.63. The van der Waals surface area contributed by atoms with Gasteiger partial charge in [0.1, 0.15) is 0 Å². The zero-order valence-electron chi connectivity index (χ0n) is 15.8. The Morgan fingerprint density at radius 2 is 2.19 bits per heavy atom. The zero-order chi connectivity index (χ0) is 19.4.